The third-order valence-electron chi connectivity index (χ3n) is 7.02. The lowest BCUT2D eigenvalue weighted by Gasteiger charge is -2.36. The summed E-state index contributed by atoms with van der Waals surface area (Å²) in [5.41, 5.74) is 2.97. The molecule has 1 N–H and O–H groups in total. The van der Waals surface area contributed by atoms with Crippen LogP contribution in [-0.2, 0) is 9.53 Å². The summed E-state index contributed by atoms with van der Waals surface area (Å²) >= 11 is 6.23. The molecule has 2 aromatic rings. The molecule has 1 atom stereocenters. The van der Waals surface area contributed by atoms with Crippen molar-refractivity contribution >= 4 is 29.0 Å². The van der Waals surface area contributed by atoms with Crippen LogP contribution in [0.15, 0.2) is 65.4 Å². The highest BCUT2D eigenvalue weighted by Gasteiger charge is 2.46. The van der Waals surface area contributed by atoms with Crippen LogP contribution in [0, 0.1) is 29.0 Å². The maximum absolute atomic E-state index is 15.6. The van der Waals surface area contributed by atoms with Crippen LogP contribution in [0.25, 0.3) is 0 Å². The molecule has 1 aliphatic carbocycles. The zero-order chi connectivity index (χ0) is 25.5. The fourth-order valence-electron chi connectivity index (χ4n) is 5.24. The molecule has 0 aromatic heterocycles. The Bertz CT molecular complexity index is 1190. The van der Waals surface area contributed by atoms with Gasteiger partial charge in [0, 0.05) is 36.5 Å². The van der Waals surface area contributed by atoms with Crippen molar-refractivity contribution in [3.05, 3.63) is 76.7 Å². The van der Waals surface area contributed by atoms with Crippen LogP contribution in [0.2, 0.25) is 5.02 Å². The molecule has 0 saturated heterocycles. The van der Waals surface area contributed by atoms with Crippen molar-refractivity contribution in [3.63, 3.8) is 0 Å². The van der Waals surface area contributed by atoms with Gasteiger partial charge in [0.05, 0.1) is 17.7 Å². The highest BCUT2D eigenvalue weighted by molar-refractivity contribution is 6.31. The summed E-state index contributed by atoms with van der Waals surface area (Å²) in [5.74, 6) is -0.872. The molecule has 4 rings (SSSR count). The Morgan fingerprint density at radius 3 is 2.56 bits per heavy atom. The molecule has 2 aliphatic rings. The number of carbonyl (C=O) groups is 1. The zero-order valence-corrected chi connectivity index (χ0v) is 20.8. The number of aliphatic carboxylic acids is 1. The van der Waals surface area contributed by atoms with Crippen LogP contribution >= 0.6 is 11.6 Å². The SMILES string of the molecule is N#CCCC1=CC(c2ccccc2)=N[N+]1(CC1CCC(COCC(=O)O)CC1)c1cccc(Cl)c1F. The fourth-order valence-corrected chi connectivity index (χ4v) is 5.41. The molecular weight excluding hydrogens is 481 g/mol. The number of hydrogen-bond donors (Lipinski definition) is 1. The van der Waals surface area contributed by atoms with Crippen LogP contribution in [0.3, 0.4) is 0 Å². The van der Waals surface area contributed by atoms with Crippen molar-refractivity contribution in [1.82, 2.24) is 4.59 Å². The summed E-state index contributed by atoms with van der Waals surface area (Å²) in [4.78, 5) is 10.7. The first-order valence-corrected chi connectivity index (χ1v) is 12.7. The first-order valence-electron chi connectivity index (χ1n) is 12.3. The standard InChI is InChI=1S/C28H29ClFN3O3/c29-24-9-4-10-26(28(24)30)33(17-20-11-13-21(14-12-20)18-36-19-27(34)35)23(8-5-15-31)16-25(32-33)22-6-2-1-3-7-22/h1-4,6-7,9-10,16,20-21H,5,8,11-14,17-19H2/p+1. The second-order valence-corrected chi connectivity index (χ2v) is 9.87. The molecule has 0 spiro atoms. The van der Waals surface area contributed by atoms with Crippen molar-refractivity contribution in [3.8, 4) is 6.07 Å². The van der Waals surface area contributed by atoms with Gasteiger partial charge in [-0.25, -0.2) is 4.79 Å². The average molecular weight is 511 g/mol. The van der Waals surface area contributed by atoms with Gasteiger partial charge in [-0.3, -0.25) is 0 Å². The Morgan fingerprint density at radius 1 is 1.14 bits per heavy atom. The molecule has 0 amide bonds. The van der Waals surface area contributed by atoms with Gasteiger partial charge in [0.1, 0.15) is 24.6 Å². The van der Waals surface area contributed by atoms with E-state index in [2.05, 4.69) is 6.07 Å². The topological polar surface area (TPSA) is 82.7 Å². The number of carboxylic acids is 1. The van der Waals surface area contributed by atoms with Gasteiger partial charge >= 0.3 is 5.97 Å². The second-order valence-electron chi connectivity index (χ2n) is 9.47. The Hall–Kier alpha value is -3.05. The van der Waals surface area contributed by atoms with Crippen molar-refractivity contribution in [2.45, 2.75) is 38.5 Å². The summed E-state index contributed by atoms with van der Waals surface area (Å²) < 4.78 is 20.9. The number of halogens is 2. The van der Waals surface area contributed by atoms with E-state index in [1.807, 2.05) is 36.4 Å². The Kier molecular flexibility index (Phi) is 8.52. The van der Waals surface area contributed by atoms with Crippen LogP contribution < -0.4 is 4.59 Å². The van der Waals surface area contributed by atoms with Gasteiger partial charge in [-0.1, -0.05) is 53.1 Å². The minimum Gasteiger partial charge on any atom is -0.480 e. The van der Waals surface area contributed by atoms with E-state index in [9.17, 15) is 10.1 Å². The number of carboxylic acid groups (broad SMARTS) is 1. The summed E-state index contributed by atoms with van der Waals surface area (Å²) in [6.45, 7) is 0.719. The first-order chi connectivity index (χ1) is 17.4. The van der Waals surface area contributed by atoms with Gasteiger partial charge in [0.15, 0.2) is 0 Å². The lowest BCUT2D eigenvalue weighted by molar-refractivity contribution is -0.142. The Morgan fingerprint density at radius 2 is 1.86 bits per heavy atom. The van der Waals surface area contributed by atoms with Gasteiger partial charge in [0.2, 0.25) is 11.5 Å². The smallest absolute Gasteiger partial charge is 0.329 e. The molecule has 0 radical (unpaired) electrons. The number of nitrogens with zero attached hydrogens (tertiary/aromatic N) is 3. The lowest BCUT2D eigenvalue weighted by Crippen LogP contribution is -2.46. The second kappa shape index (κ2) is 11.8. The van der Waals surface area contributed by atoms with E-state index < -0.39 is 11.8 Å². The molecule has 6 nitrogen and oxygen atoms in total. The van der Waals surface area contributed by atoms with Crippen molar-refractivity contribution in [2.75, 3.05) is 19.8 Å². The molecule has 1 fully saturated rings. The number of hydrogen-bond acceptors (Lipinski definition) is 4. The highest BCUT2D eigenvalue weighted by atomic mass is 35.5. The van der Waals surface area contributed by atoms with Gasteiger partial charge in [-0.15, -0.1) is 4.59 Å². The van der Waals surface area contributed by atoms with Gasteiger partial charge < -0.3 is 9.84 Å². The zero-order valence-electron chi connectivity index (χ0n) is 20.1. The highest BCUT2D eigenvalue weighted by Crippen LogP contribution is 2.43. The summed E-state index contributed by atoms with van der Waals surface area (Å²) in [6, 6.07) is 17.0. The molecule has 1 aliphatic heterocycles. The monoisotopic (exact) mass is 510 g/mol. The number of quaternary nitrogens is 1. The minimum atomic E-state index is -0.962. The molecule has 0 bridgehead atoms. The van der Waals surface area contributed by atoms with Crippen LogP contribution in [-0.4, -0.2) is 36.5 Å². The van der Waals surface area contributed by atoms with Gasteiger partial charge in [-0.05, 0) is 37.7 Å². The van der Waals surface area contributed by atoms with Gasteiger partial charge in [0.25, 0.3) is 0 Å². The molecule has 8 heteroatoms. The molecule has 1 heterocycles. The summed E-state index contributed by atoms with van der Waals surface area (Å²) in [6.07, 6.45) is 6.41. The van der Waals surface area contributed by atoms with Crippen molar-refractivity contribution in [2.24, 2.45) is 16.9 Å². The van der Waals surface area contributed by atoms with E-state index in [4.69, 9.17) is 26.5 Å². The fraction of sp³-hybridized carbons (Fsp3) is 0.393. The maximum Gasteiger partial charge on any atom is 0.329 e. The molecular formula is C28H30ClFN3O3+. The first kappa shape index (κ1) is 26.0. The van der Waals surface area contributed by atoms with E-state index in [1.165, 1.54) is 6.07 Å². The van der Waals surface area contributed by atoms with E-state index in [0.29, 0.717) is 37.6 Å². The minimum absolute atomic E-state index is 0.0247. The number of rotatable bonds is 10. The van der Waals surface area contributed by atoms with Crippen LogP contribution in [0.4, 0.5) is 10.1 Å². The summed E-state index contributed by atoms with van der Waals surface area (Å²) in [7, 11) is 0. The van der Waals surface area contributed by atoms with Crippen LogP contribution in [0.1, 0.15) is 44.1 Å². The maximum atomic E-state index is 15.6. The molecule has 1 saturated carbocycles. The number of allylic oxidation sites excluding steroid dienone is 2. The van der Waals surface area contributed by atoms with Gasteiger partial charge in [-0.2, -0.15) is 9.65 Å². The normalized spacial score (nSPS) is 23.6. The molecule has 188 valence electrons. The lowest BCUT2D eigenvalue weighted by atomic mass is 9.82. The largest absolute Gasteiger partial charge is 0.480 e. The number of ether oxygens (including phenoxy) is 1. The third-order valence-corrected chi connectivity index (χ3v) is 7.31. The number of benzene rings is 2. The molecule has 1 unspecified atom stereocenters. The average Bonchev–Trinajstić information content (AvgIpc) is 3.24. The third kappa shape index (κ3) is 5.84. The van der Waals surface area contributed by atoms with Crippen molar-refractivity contribution in [1.29, 1.82) is 5.26 Å². The quantitative estimate of drug-likeness (QED) is 0.380. The van der Waals surface area contributed by atoms with E-state index in [1.54, 1.807) is 12.1 Å². The Labute approximate surface area is 215 Å². The predicted octanol–water partition coefficient (Wildman–Crippen LogP) is 6.30. The molecule has 2 aromatic carbocycles. The predicted molar refractivity (Wildman–Crippen MR) is 138 cm³/mol. The Balaban J connectivity index is 1.66. The van der Waals surface area contributed by atoms with Crippen molar-refractivity contribution < 1.29 is 19.0 Å². The number of nitriles is 1. The van der Waals surface area contributed by atoms with E-state index in [-0.39, 0.29) is 22.1 Å². The van der Waals surface area contributed by atoms with E-state index >= 15 is 4.39 Å². The van der Waals surface area contributed by atoms with Crippen LogP contribution in [0.5, 0.6) is 0 Å². The summed E-state index contributed by atoms with van der Waals surface area (Å²) in [5, 5.41) is 23.3. The molecule has 36 heavy (non-hydrogen) atoms. The van der Waals surface area contributed by atoms with E-state index in [0.717, 1.165) is 42.7 Å².